The van der Waals surface area contributed by atoms with Crippen LogP contribution in [0.3, 0.4) is 0 Å². The molecule has 2 rings (SSSR count). The summed E-state index contributed by atoms with van der Waals surface area (Å²) < 4.78 is 39.9. The van der Waals surface area contributed by atoms with Crippen LogP contribution in [-0.2, 0) is 0 Å². The number of rotatable bonds is 3. The van der Waals surface area contributed by atoms with Gasteiger partial charge in [-0.3, -0.25) is 0 Å². The standard InChI is InChI=1S/C14H12F3NO3.ClH/c15-14(16,17)21-9-6-4-8(5-7-9)12(18)10-2-1-3-11(19)13(10)20;/h1-7,12,19-20H,18H2;1H/t12-;/m1./s1. The molecule has 0 aromatic heterocycles. The summed E-state index contributed by atoms with van der Waals surface area (Å²) in [6.07, 6.45) is -4.76. The third kappa shape index (κ3) is 4.19. The molecule has 1 atom stereocenters. The van der Waals surface area contributed by atoms with Crippen LogP contribution in [0.4, 0.5) is 13.2 Å². The van der Waals surface area contributed by atoms with Gasteiger partial charge in [0, 0.05) is 5.56 Å². The van der Waals surface area contributed by atoms with Gasteiger partial charge in [0.1, 0.15) is 5.75 Å². The molecule has 22 heavy (non-hydrogen) atoms. The topological polar surface area (TPSA) is 75.7 Å². The molecule has 0 saturated heterocycles. The van der Waals surface area contributed by atoms with Gasteiger partial charge in [0.2, 0.25) is 0 Å². The molecule has 0 saturated carbocycles. The predicted octanol–water partition coefficient (Wildman–Crippen LogP) is 3.47. The number of ether oxygens (including phenoxy) is 1. The Bertz CT molecular complexity index is 632. The molecule has 8 heteroatoms. The fourth-order valence-corrected chi connectivity index (χ4v) is 1.86. The Morgan fingerprint density at radius 1 is 1.00 bits per heavy atom. The number of alkyl halides is 3. The average molecular weight is 336 g/mol. The Labute approximate surface area is 130 Å². The highest BCUT2D eigenvalue weighted by atomic mass is 35.5. The van der Waals surface area contributed by atoms with Crippen LogP contribution in [0.1, 0.15) is 17.2 Å². The van der Waals surface area contributed by atoms with Crippen LogP contribution < -0.4 is 10.5 Å². The molecule has 0 aliphatic rings. The molecule has 0 amide bonds. The van der Waals surface area contributed by atoms with E-state index in [4.69, 9.17) is 5.73 Å². The van der Waals surface area contributed by atoms with Gasteiger partial charge in [-0.25, -0.2) is 0 Å². The second kappa shape index (κ2) is 6.76. The first-order valence-electron chi connectivity index (χ1n) is 5.90. The van der Waals surface area contributed by atoms with Crippen molar-refractivity contribution in [3.05, 3.63) is 53.6 Å². The molecule has 0 heterocycles. The van der Waals surface area contributed by atoms with Gasteiger partial charge in [-0.2, -0.15) is 0 Å². The van der Waals surface area contributed by atoms with Crippen LogP contribution in [0.2, 0.25) is 0 Å². The van der Waals surface area contributed by atoms with Crippen molar-refractivity contribution in [1.82, 2.24) is 0 Å². The molecule has 0 radical (unpaired) electrons. The van der Waals surface area contributed by atoms with Crippen molar-refractivity contribution in [2.45, 2.75) is 12.4 Å². The number of halogens is 4. The SMILES string of the molecule is Cl.N[C@H](c1ccc(OC(F)(F)F)cc1)c1cccc(O)c1O. The van der Waals surface area contributed by atoms with Crippen molar-refractivity contribution in [2.24, 2.45) is 5.73 Å². The maximum Gasteiger partial charge on any atom is 0.573 e. The lowest BCUT2D eigenvalue weighted by Crippen LogP contribution is -2.17. The molecule has 4 N–H and O–H groups in total. The summed E-state index contributed by atoms with van der Waals surface area (Å²) in [7, 11) is 0. The van der Waals surface area contributed by atoms with Crippen molar-refractivity contribution in [3.8, 4) is 17.2 Å². The van der Waals surface area contributed by atoms with Crippen molar-refractivity contribution >= 4 is 12.4 Å². The zero-order valence-electron chi connectivity index (χ0n) is 11.0. The van der Waals surface area contributed by atoms with E-state index < -0.39 is 12.4 Å². The lowest BCUT2D eigenvalue weighted by molar-refractivity contribution is -0.274. The molecular formula is C14H13ClF3NO3. The van der Waals surface area contributed by atoms with Gasteiger partial charge in [0.05, 0.1) is 6.04 Å². The average Bonchev–Trinajstić information content (AvgIpc) is 2.40. The Morgan fingerprint density at radius 3 is 2.14 bits per heavy atom. The smallest absolute Gasteiger partial charge is 0.504 e. The zero-order chi connectivity index (χ0) is 15.6. The molecule has 2 aromatic rings. The van der Waals surface area contributed by atoms with Crippen LogP contribution in [-0.4, -0.2) is 16.6 Å². The number of aromatic hydroxyl groups is 2. The minimum Gasteiger partial charge on any atom is -0.504 e. The first-order valence-corrected chi connectivity index (χ1v) is 5.90. The molecule has 0 unspecified atom stereocenters. The molecule has 120 valence electrons. The van der Waals surface area contributed by atoms with Gasteiger partial charge in [-0.1, -0.05) is 24.3 Å². The number of benzene rings is 2. The second-order valence-electron chi connectivity index (χ2n) is 4.31. The summed E-state index contributed by atoms with van der Waals surface area (Å²) in [4.78, 5) is 0. The van der Waals surface area contributed by atoms with E-state index in [0.29, 0.717) is 5.56 Å². The lowest BCUT2D eigenvalue weighted by Gasteiger charge is -2.15. The summed E-state index contributed by atoms with van der Waals surface area (Å²) in [5, 5.41) is 19.2. The zero-order valence-corrected chi connectivity index (χ0v) is 11.9. The second-order valence-corrected chi connectivity index (χ2v) is 4.31. The van der Waals surface area contributed by atoms with Crippen molar-refractivity contribution in [3.63, 3.8) is 0 Å². The van der Waals surface area contributed by atoms with Gasteiger partial charge in [0.25, 0.3) is 0 Å². The summed E-state index contributed by atoms with van der Waals surface area (Å²) in [6, 6.07) is 8.49. The maximum absolute atomic E-state index is 12.1. The number of hydrogen-bond donors (Lipinski definition) is 3. The minimum atomic E-state index is -4.76. The molecule has 0 bridgehead atoms. The van der Waals surface area contributed by atoms with Gasteiger partial charge in [-0.05, 0) is 23.8 Å². The Morgan fingerprint density at radius 2 is 1.59 bits per heavy atom. The van der Waals surface area contributed by atoms with Gasteiger partial charge < -0.3 is 20.7 Å². The summed E-state index contributed by atoms with van der Waals surface area (Å²) in [6.45, 7) is 0. The summed E-state index contributed by atoms with van der Waals surface area (Å²) in [5.74, 6) is -1.04. The molecule has 0 spiro atoms. The normalized spacial score (nSPS) is 12.4. The molecule has 4 nitrogen and oxygen atoms in total. The monoisotopic (exact) mass is 335 g/mol. The number of nitrogens with two attached hydrogens (primary N) is 1. The Kier molecular flexibility index (Phi) is 5.51. The molecule has 0 aliphatic carbocycles. The predicted molar refractivity (Wildman–Crippen MR) is 76.2 cm³/mol. The maximum atomic E-state index is 12.1. The van der Waals surface area contributed by atoms with E-state index in [2.05, 4.69) is 4.74 Å². The largest absolute Gasteiger partial charge is 0.573 e. The first kappa shape index (κ1) is 17.9. The molecule has 2 aromatic carbocycles. The van der Waals surface area contributed by atoms with E-state index in [-0.39, 0.29) is 35.2 Å². The van der Waals surface area contributed by atoms with Crippen LogP contribution in [0, 0.1) is 0 Å². The fourth-order valence-electron chi connectivity index (χ4n) is 1.86. The number of phenolic OH excluding ortho intramolecular Hbond substituents is 2. The molecule has 0 fully saturated rings. The molecular weight excluding hydrogens is 323 g/mol. The minimum absolute atomic E-state index is 0. The summed E-state index contributed by atoms with van der Waals surface area (Å²) in [5.41, 5.74) is 6.66. The van der Waals surface area contributed by atoms with Crippen molar-refractivity contribution in [1.29, 1.82) is 0 Å². The van der Waals surface area contributed by atoms with Crippen molar-refractivity contribution in [2.75, 3.05) is 0 Å². The van der Waals surface area contributed by atoms with Gasteiger partial charge >= 0.3 is 6.36 Å². The van der Waals surface area contributed by atoms with E-state index in [1.165, 1.54) is 30.3 Å². The highest BCUT2D eigenvalue weighted by molar-refractivity contribution is 5.85. The third-order valence-electron chi connectivity index (χ3n) is 2.85. The first-order chi connectivity index (χ1) is 9.78. The summed E-state index contributed by atoms with van der Waals surface area (Å²) >= 11 is 0. The van der Waals surface area contributed by atoms with E-state index in [9.17, 15) is 23.4 Å². The number of phenols is 2. The van der Waals surface area contributed by atoms with E-state index in [1.807, 2.05) is 0 Å². The van der Waals surface area contributed by atoms with E-state index >= 15 is 0 Å². The van der Waals surface area contributed by atoms with Gasteiger partial charge in [-0.15, -0.1) is 25.6 Å². The Hall–Kier alpha value is -2.12. The van der Waals surface area contributed by atoms with E-state index in [0.717, 1.165) is 12.1 Å². The highest BCUT2D eigenvalue weighted by Crippen LogP contribution is 2.34. The van der Waals surface area contributed by atoms with Crippen molar-refractivity contribution < 1.29 is 28.1 Å². The lowest BCUT2D eigenvalue weighted by atomic mass is 9.98. The van der Waals surface area contributed by atoms with Crippen LogP contribution >= 0.6 is 12.4 Å². The van der Waals surface area contributed by atoms with E-state index in [1.54, 1.807) is 0 Å². The number of hydrogen-bond acceptors (Lipinski definition) is 4. The molecule has 0 aliphatic heterocycles. The quantitative estimate of drug-likeness (QED) is 0.751. The Balaban J connectivity index is 0.00000242. The highest BCUT2D eigenvalue weighted by Gasteiger charge is 2.31. The van der Waals surface area contributed by atoms with Gasteiger partial charge in [0.15, 0.2) is 11.5 Å². The van der Waals surface area contributed by atoms with Crippen LogP contribution in [0.25, 0.3) is 0 Å². The third-order valence-corrected chi connectivity index (χ3v) is 2.85. The van der Waals surface area contributed by atoms with Crippen LogP contribution in [0.15, 0.2) is 42.5 Å². The number of para-hydroxylation sites is 1. The van der Waals surface area contributed by atoms with Crippen LogP contribution in [0.5, 0.6) is 17.2 Å². The fraction of sp³-hybridized carbons (Fsp3) is 0.143.